The minimum atomic E-state index is -1.91. The second kappa shape index (κ2) is 5.59. The van der Waals surface area contributed by atoms with Gasteiger partial charge in [0, 0.05) is 0 Å². The summed E-state index contributed by atoms with van der Waals surface area (Å²) in [5.74, 6) is -1.51. The summed E-state index contributed by atoms with van der Waals surface area (Å²) in [5.41, 5.74) is 0.200. The van der Waals surface area contributed by atoms with E-state index in [9.17, 15) is 9.18 Å². The minimum absolute atomic E-state index is 0.151. The third kappa shape index (κ3) is 3.30. The molecule has 0 unspecified atom stereocenters. The monoisotopic (exact) mass is 228 g/mol. The lowest BCUT2D eigenvalue weighted by molar-refractivity contribution is 0.0595. The lowest BCUT2D eigenvalue weighted by Crippen LogP contribution is -2.16. The zero-order valence-electron chi connectivity index (χ0n) is 8.51. The summed E-state index contributed by atoms with van der Waals surface area (Å²) < 4.78 is 22.0. The van der Waals surface area contributed by atoms with Crippen molar-refractivity contribution in [1.82, 2.24) is 0 Å². The Bertz CT molecular complexity index is 382. The highest BCUT2D eigenvalue weighted by Gasteiger charge is 2.14. The Hall–Kier alpha value is -1.44. The van der Waals surface area contributed by atoms with Crippen molar-refractivity contribution in [2.75, 3.05) is 7.11 Å². The maximum absolute atomic E-state index is 13.2. The van der Waals surface area contributed by atoms with Crippen LogP contribution in [0.5, 0.6) is 0 Å². The average Bonchev–Trinajstić information content (AvgIpc) is 2.27. The molecule has 0 aromatic heterocycles. The quantitative estimate of drug-likeness (QED) is 0.564. The number of rotatable bonds is 4. The Morgan fingerprint density at radius 2 is 2.19 bits per heavy atom. The maximum Gasteiger partial charge on any atom is 0.634 e. The van der Waals surface area contributed by atoms with Crippen molar-refractivity contribution < 1.29 is 28.6 Å². The lowest BCUT2D eigenvalue weighted by atomic mass is 10.1. The fourth-order valence-electron chi connectivity index (χ4n) is 1.10. The highest BCUT2D eigenvalue weighted by atomic mass is 19.1. The molecule has 86 valence electrons. The number of benzene rings is 1. The summed E-state index contributed by atoms with van der Waals surface area (Å²) in [5, 5.41) is 16.9. The first kappa shape index (κ1) is 12.6. The normalized spacial score (nSPS) is 10.0. The molecule has 16 heavy (non-hydrogen) atoms. The van der Waals surface area contributed by atoms with Crippen LogP contribution in [0.1, 0.15) is 15.9 Å². The van der Waals surface area contributed by atoms with Gasteiger partial charge in [-0.1, -0.05) is 6.07 Å². The van der Waals surface area contributed by atoms with Crippen LogP contribution in [-0.2, 0) is 16.0 Å². The van der Waals surface area contributed by atoms with Crippen LogP contribution in [0.3, 0.4) is 0 Å². The van der Waals surface area contributed by atoms with Crippen LogP contribution in [0.4, 0.5) is 4.39 Å². The van der Waals surface area contributed by atoms with E-state index in [-0.39, 0.29) is 12.2 Å². The van der Waals surface area contributed by atoms with Crippen molar-refractivity contribution in [2.24, 2.45) is 0 Å². The number of hydrogen-bond donors (Lipinski definition) is 2. The molecule has 1 rings (SSSR count). The van der Waals surface area contributed by atoms with Crippen molar-refractivity contribution in [3.05, 3.63) is 35.1 Å². The second-order valence-electron chi connectivity index (χ2n) is 2.94. The number of esters is 1. The van der Waals surface area contributed by atoms with E-state index >= 15 is 0 Å². The van der Waals surface area contributed by atoms with Crippen LogP contribution in [-0.4, -0.2) is 30.4 Å². The van der Waals surface area contributed by atoms with Crippen molar-refractivity contribution in [1.29, 1.82) is 0 Å². The van der Waals surface area contributed by atoms with E-state index < -0.39 is 19.1 Å². The molecular weight excluding hydrogens is 218 g/mol. The molecule has 0 radical (unpaired) electrons. The molecule has 1 aromatic carbocycles. The summed E-state index contributed by atoms with van der Waals surface area (Å²) in [6.45, 7) is -0.151. The van der Waals surface area contributed by atoms with Gasteiger partial charge in [-0.3, -0.25) is 0 Å². The minimum Gasteiger partial charge on any atom is -0.465 e. The van der Waals surface area contributed by atoms with Gasteiger partial charge in [0.15, 0.2) is 0 Å². The second-order valence-corrected chi connectivity index (χ2v) is 2.94. The molecule has 0 atom stereocenters. The van der Waals surface area contributed by atoms with E-state index in [0.29, 0.717) is 5.56 Å². The van der Waals surface area contributed by atoms with Gasteiger partial charge < -0.3 is 19.4 Å². The first-order valence-corrected chi connectivity index (χ1v) is 4.39. The summed E-state index contributed by atoms with van der Waals surface area (Å²) in [6.07, 6.45) is 0. The van der Waals surface area contributed by atoms with Crippen LogP contribution >= 0.6 is 0 Å². The molecule has 0 aliphatic rings. The van der Waals surface area contributed by atoms with Gasteiger partial charge in [0.1, 0.15) is 5.82 Å². The molecule has 0 aliphatic heterocycles. The van der Waals surface area contributed by atoms with E-state index in [4.69, 9.17) is 10.0 Å². The van der Waals surface area contributed by atoms with E-state index in [2.05, 4.69) is 9.39 Å². The van der Waals surface area contributed by atoms with Crippen molar-refractivity contribution in [2.45, 2.75) is 6.61 Å². The largest absolute Gasteiger partial charge is 0.634 e. The van der Waals surface area contributed by atoms with E-state index in [1.54, 1.807) is 0 Å². The molecule has 5 nitrogen and oxygen atoms in total. The fraction of sp³-hybridized carbons (Fsp3) is 0.222. The van der Waals surface area contributed by atoms with Gasteiger partial charge in [0.25, 0.3) is 0 Å². The van der Waals surface area contributed by atoms with Gasteiger partial charge in [0.05, 0.1) is 19.3 Å². The topological polar surface area (TPSA) is 76.0 Å². The Labute approximate surface area is 91.6 Å². The molecule has 7 heteroatoms. The lowest BCUT2D eigenvalue weighted by Gasteiger charge is -2.06. The van der Waals surface area contributed by atoms with Gasteiger partial charge >= 0.3 is 13.3 Å². The highest BCUT2D eigenvalue weighted by Crippen LogP contribution is 2.12. The molecule has 0 bridgehead atoms. The SMILES string of the molecule is COC(=O)c1cc(COB(O)O)ccc1F. The molecule has 0 saturated carbocycles. The zero-order chi connectivity index (χ0) is 12.1. The zero-order valence-corrected chi connectivity index (χ0v) is 8.51. The molecule has 1 aromatic rings. The Morgan fingerprint density at radius 1 is 1.50 bits per heavy atom. The third-order valence-electron chi connectivity index (χ3n) is 1.84. The molecule has 0 heterocycles. The van der Waals surface area contributed by atoms with Crippen LogP contribution in [0.15, 0.2) is 18.2 Å². The van der Waals surface area contributed by atoms with Crippen LogP contribution < -0.4 is 0 Å². The van der Waals surface area contributed by atoms with Gasteiger partial charge in [-0.2, -0.15) is 0 Å². The number of carbonyl (C=O) groups excluding carboxylic acids is 1. The third-order valence-corrected chi connectivity index (χ3v) is 1.84. The fourth-order valence-corrected chi connectivity index (χ4v) is 1.10. The number of carbonyl (C=O) groups is 1. The number of halogens is 1. The van der Waals surface area contributed by atoms with E-state index in [1.165, 1.54) is 12.1 Å². The van der Waals surface area contributed by atoms with Crippen molar-refractivity contribution in [3.8, 4) is 0 Å². The van der Waals surface area contributed by atoms with E-state index in [0.717, 1.165) is 13.2 Å². The predicted octanol–water partition coefficient (Wildman–Crippen LogP) is 0.0984. The Balaban J connectivity index is 2.85. The molecule has 0 aliphatic carbocycles. The summed E-state index contributed by atoms with van der Waals surface area (Å²) in [6, 6.07) is 3.67. The average molecular weight is 228 g/mol. The van der Waals surface area contributed by atoms with E-state index in [1.807, 2.05) is 0 Å². The van der Waals surface area contributed by atoms with Crippen LogP contribution in [0, 0.1) is 5.82 Å². The first-order valence-electron chi connectivity index (χ1n) is 4.39. The first-order chi connectivity index (χ1) is 7.54. The molecule has 0 spiro atoms. The van der Waals surface area contributed by atoms with Gasteiger partial charge in [0.2, 0.25) is 0 Å². The number of hydrogen-bond acceptors (Lipinski definition) is 5. The Morgan fingerprint density at radius 3 is 2.75 bits per heavy atom. The molecule has 0 fully saturated rings. The van der Waals surface area contributed by atoms with Crippen LogP contribution in [0.2, 0.25) is 0 Å². The van der Waals surface area contributed by atoms with Gasteiger partial charge in [-0.15, -0.1) is 0 Å². The molecule has 0 amide bonds. The maximum atomic E-state index is 13.2. The predicted molar refractivity (Wildman–Crippen MR) is 52.7 cm³/mol. The van der Waals surface area contributed by atoms with Crippen molar-refractivity contribution in [3.63, 3.8) is 0 Å². The molecule has 0 saturated heterocycles. The number of ether oxygens (including phenoxy) is 1. The van der Waals surface area contributed by atoms with Crippen molar-refractivity contribution >= 4 is 13.3 Å². The summed E-state index contributed by atoms with van der Waals surface area (Å²) in [7, 11) is -0.769. The smallest absolute Gasteiger partial charge is 0.465 e. The summed E-state index contributed by atoms with van der Waals surface area (Å²) in [4.78, 5) is 11.1. The number of methoxy groups -OCH3 is 1. The molecule has 2 N–H and O–H groups in total. The Kier molecular flexibility index (Phi) is 4.42. The van der Waals surface area contributed by atoms with Gasteiger partial charge in [-0.05, 0) is 17.7 Å². The molecular formula is C9H10BFO5. The highest BCUT2D eigenvalue weighted by molar-refractivity contribution is 6.32. The summed E-state index contributed by atoms with van der Waals surface area (Å²) >= 11 is 0. The standard InChI is InChI=1S/C9H10BFO5/c1-15-9(12)7-4-6(2-3-8(7)11)5-16-10(13)14/h2-4,13-14H,5H2,1H3. The van der Waals surface area contributed by atoms with Crippen LogP contribution in [0.25, 0.3) is 0 Å². The van der Waals surface area contributed by atoms with Gasteiger partial charge in [-0.25, -0.2) is 9.18 Å².